The number of hydrogen-bond acceptors (Lipinski definition) is 6. The lowest BCUT2D eigenvalue weighted by molar-refractivity contribution is -0.123. The van der Waals surface area contributed by atoms with Crippen LogP contribution in [0.1, 0.15) is 17.3 Å². The highest BCUT2D eigenvalue weighted by Crippen LogP contribution is 2.29. The summed E-state index contributed by atoms with van der Waals surface area (Å²) >= 11 is 0. The van der Waals surface area contributed by atoms with Crippen LogP contribution >= 0.6 is 0 Å². The lowest BCUT2D eigenvalue weighted by atomic mass is 10.2. The van der Waals surface area contributed by atoms with Gasteiger partial charge in [-0.05, 0) is 49.4 Å². The van der Waals surface area contributed by atoms with Gasteiger partial charge in [-0.2, -0.15) is 5.10 Å². The SMILES string of the molecule is COc1ccc(NC(=O)[C@H](C)OC(=O)c2ccc(-n3cccn3)cc2)cc1OC. The molecule has 0 spiro atoms. The molecular formula is C21H21N3O5. The summed E-state index contributed by atoms with van der Waals surface area (Å²) in [6, 6.07) is 13.5. The molecule has 150 valence electrons. The molecule has 3 aromatic rings. The number of nitrogens with one attached hydrogen (secondary N) is 1. The number of benzene rings is 2. The van der Waals surface area contributed by atoms with Gasteiger partial charge in [0.25, 0.3) is 5.91 Å². The van der Waals surface area contributed by atoms with Crippen molar-refractivity contribution in [3.63, 3.8) is 0 Å². The summed E-state index contributed by atoms with van der Waals surface area (Å²) in [5.74, 6) is -0.0264. The topological polar surface area (TPSA) is 91.7 Å². The number of aromatic nitrogens is 2. The van der Waals surface area contributed by atoms with Gasteiger partial charge in [-0.3, -0.25) is 4.79 Å². The minimum atomic E-state index is -0.985. The summed E-state index contributed by atoms with van der Waals surface area (Å²) in [4.78, 5) is 24.7. The number of rotatable bonds is 7. The highest BCUT2D eigenvalue weighted by atomic mass is 16.5. The lowest BCUT2D eigenvalue weighted by Gasteiger charge is -2.15. The summed E-state index contributed by atoms with van der Waals surface area (Å²) in [6.07, 6.45) is 2.48. The van der Waals surface area contributed by atoms with Crippen LogP contribution in [0.25, 0.3) is 5.69 Å². The molecule has 0 unspecified atom stereocenters. The molecule has 1 heterocycles. The minimum absolute atomic E-state index is 0.340. The second kappa shape index (κ2) is 8.92. The molecule has 3 rings (SSSR count). The molecule has 8 heteroatoms. The van der Waals surface area contributed by atoms with Crippen LogP contribution in [-0.4, -0.2) is 42.0 Å². The number of ether oxygens (including phenoxy) is 3. The van der Waals surface area contributed by atoms with Gasteiger partial charge in [0.05, 0.1) is 25.5 Å². The number of esters is 1. The Balaban J connectivity index is 1.61. The molecule has 0 aliphatic heterocycles. The Bertz CT molecular complexity index is 984. The molecule has 1 aromatic heterocycles. The fourth-order valence-electron chi connectivity index (χ4n) is 2.61. The fourth-order valence-corrected chi connectivity index (χ4v) is 2.61. The van der Waals surface area contributed by atoms with Gasteiger partial charge in [0.15, 0.2) is 17.6 Å². The molecule has 0 fully saturated rings. The first-order chi connectivity index (χ1) is 14.0. The zero-order chi connectivity index (χ0) is 20.8. The predicted molar refractivity (Wildman–Crippen MR) is 107 cm³/mol. The Morgan fingerprint density at radius 2 is 1.76 bits per heavy atom. The van der Waals surface area contributed by atoms with Crippen molar-refractivity contribution in [2.24, 2.45) is 0 Å². The van der Waals surface area contributed by atoms with Crippen LogP contribution in [0.4, 0.5) is 5.69 Å². The predicted octanol–water partition coefficient (Wildman–Crippen LogP) is 3.07. The number of carbonyl (C=O) groups is 2. The van der Waals surface area contributed by atoms with E-state index in [0.29, 0.717) is 22.7 Å². The van der Waals surface area contributed by atoms with E-state index >= 15 is 0 Å². The van der Waals surface area contributed by atoms with Gasteiger partial charge in [-0.15, -0.1) is 0 Å². The van der Waals surface area contributed by atoms with Gasteiger partial charge in [0, 0.05) is 24.1 Å². The number of anilines is 1. The van der Waals surface area contributed by atoms with Gasteiger partial charge < -0.3 is 19.5 Å². The van der Waals surface area contributed by atoms with E-state index in [4.69, 9.17) is 14.2 Å². The van der Waals surface area contributed by atoms with Crippen molar-refractivity contribution >= 4 is 17.6 Å². The Labute approximate surface area is 168 Å². The van der Waals surface area contributed by atoms with Crippen molar-refractivity contribution in [2.45, 2.75) is 13.0 Å². The summed E-state index contributed by atoms with van der Waals surface area (Å²) in [5, 5.41) is 6.82. The molecule has 2 aromatic carbocycles. The van der Waals surface area contributed by atoms with Crippen LogP contribution in [0.3, 0.4) is 0 Å². The van der Waals surface area contributed by atoms with Crippen molar-refractivity contribution in [2.75, 3.05) is 19.5 Å². The molecule has 0 bridgehead atoms. The smallest absolute Gasteiger partial charge is 0.338 e. The quantitative estimate of drug-likeness (QED) is 0.618. The Kier molecular flexibility index (Phi) is 6.13. The van der Waals surface area contributed by atoms with Crippen LogP contribution in [-0.2, 0) is 9.53 Å². The van der Waals surface area contributed by atoms with Crippen LogP contribution < -0.4 is 14.8 Å². The number of carbonyl (C=O) groups excluding carboxylic acids is 2. The number of nitrogens with zero attached hydrogens (tertiary/aromatic N) is 2. The maximum Gasteiger partial charge on any atom is 0.338 e. The van der Waals surface area contributed by atoms with Gasteiger partial charge >= 0.3 is 5.97 Å². The van der Waals surface area contributed by atoms with E-state index in [9.17, 15) is 9.59 Å². The normalized spacial score (nSPS) is 11.4. The minimum Gasteiger partial charge on any atom is -0.493 e. The van der Waals surface area contributed by atoms with E-state index < -0.39 is 18.0 Å². The van der Waals surface area contributed by atoms with Crippen LogP contribution in [0.15, 0.2) is 60.9 Å². The van der Waals surface area contributed by atoms with Crippen molar-refractivity contribution in [3.8, 4) is 17.2 Å². The van der Waals surface area contributed by atoms with E-state index in [2.05, 4.69) is 10.4 Å². The van der Waals surface area contributed by atoms with Gasteiger partial charge in [-0.1, -0.05) is 0 Å². The Hall–Kier alpha value is -3.81. The first kappa shape index (κ1) is 19.9. The fraction of sp³-hybridized carbons (Fsp3) is 0.190. The summed E-state index contributed by atoms with van der Waals surface area (Å²) in [7, 11) is 3.03. The maximum atomic E-state index is 12.4. The Morgan fingerprint density at radius 3 is 2.38 bits per heavy atom. The zero-order valence-electron chi connectivity index (χ0n) is 16.3. The van der Waals surface area contributed by atoms with E-state index in [-0.39, 0.29) is 0 Å². The largest absolute Gasteiger partial charge is 0.493 e. The first-order valence-electron chi connectivity index (χ1n) is 8.85. The second-order valence-corrected chi connectivity index (χ2v) is 6.10. The molecule has 8 nitrogen and oxygen atoms in total. The van der Waals surface area contributed by atoms with Crippen LogP contribution in [0.2, 0.25) is 0 Å². The standard InChI is InChI=1S/C21H21N3O5/c1-14(20(25)23-16-7-10-18(27-2)19(13-16)28-3)29-21(26)15-5-8-17(9-6-15)24-12-4-11-22-24/h4-14H,1-3H3,(H,23,25)/t14-/m0/s1. The average molecular weight is 395 g/mol. The Morgan fingerprint density at radius 1 is 1.03 bits per heavy atom. The molecule has 1 amide bonds. The van der Waals surface area contributed by atoms with Crippen molar-refractivity contribution in [1.82, 2.24) is 9.78 Å². The highest BCUT2D eigenvalue weighted by molar-refractivity contribution is 5.97. The van der Waals surface area contributed by atoms with Crippen LogP contribution in [0.5, 0.6) is 11.5 Å². The summed E-state index contributed by atoms with van der Waals surface area (Å²) in [5.41, 5.74) is 1.65. The van der Waals surface area contributed by atoms with E-state index in [1.54, 1.807) is 65.6 Å². The molecule has 29 heavy (non-hydrogen) atoms. The van der Waals surface area contributed by atoms with E-state index in [1.165, 1.54) is 21.1 Å². The number of hydrogen-bond donors (Lipinski definition) is 1. The number of methoxy groups -OCH3 is 2. The summed E-state index contributed by atoms with van der Waals surface area (Å²) in [6.45, 7) is 1.51. The summed E-state index contributed by atoms with van der Waals surface area (Å²) < 4.78 is 17.3. The zero-order valence-corrected chi connectivity index (χ0v) is 16.3. The molecular weight excluding hydrogens is 374 g/mol. The van der Waals surface area contributed by atoms with Gasteiger partial charge in [-0.25, -0.2) is 9.48 Å². The van der Waals surface area contributed by atoms with E-state index in [1.807, 2.05) is 0 Å². The maximum absolute atomic E-state index is 12.4. The molecule has 1 N–H and O–H groups in total. The third-order valence-corrected chi connectivity index (χ3v) is 4.18. The lowest BCUT2D eigenvalue weighted by Crippen LogP contribution is -2.30. The van der Waals surface area contributed by atoms with Gasteiger partial charge in [0.2, 0.25) is 0 Å². The third-order valence-electron chi connectivity index (χ3n) is 4.18. The number of amides is 1. The molecule has 0 saturated carbocycles. The van der Waals surface area contributed by atoms with Crippen molar-refractivity contribution in [3.05, 3.63) is 66.5 Å². The third kappa shape index (κ3) is 4.73. The van der Waals surface area contributed by atoms with Crippen LogP contribution in [0, 0.1) is 0 Å². The average Bonchev–Trinajstić information content (AvgIpc) is 3.28. The molecule has 1 atom stereocenters. The van der Waals surface area contributed by atoms with E-state index in [0.717, 1.165) is 5.69 Å². The molecule has 0 aliphatic carbocycles. The van der Waals surface area contributed by atoms with Crippen molar-refractivity contribution in [1.29, 1.82) is 0 Å². The molecule has 0 aliphatic rings. The molecule has 0 radical (unpaired) electrons. The van der Waals surface area contributed by atoms with Crippen molar-refractivity contribution < 1.29 is 23.8 Å². The second-order valence-electron chi connectivity index (χ2n) is 6.10. The molecule has 0 saturated heterocycles. The first-order valence-corrected chi connectivity index (χ1v) is 8.85. The van der Waals surface area contributed by atoms with Gasteiger partial charge in [0.1, 0.15) is 0 Å². The highest BCUT2D eigenvalue weighted by Gasteiger charge is 2.19. The monoisotopic (exact) mass is 395 g/mol.